The first-order valence-electron chi connectivity index (χ1n) is 7.28. The van der Waals surface area contributed by atoms with Gasteiger partial charge in [0, 0.05) is 6.42 Å². The minimum atomic E-state index is -0.733. The van der Waals surface area contributed by atoms with Crippen LogP contribution in [-0.2, 0) is 0 Å². The molecule has 1 atom stereocenters. The second-order valence-electron chi connectivity index (χ2n) is 5.14. The molecule has 0 aliphatic heterocycles. The van der Waals surface area contributed by atoms with Gasteiger partial charge in [-0.15, -0.1) is 5.10 Å². The third kappa shape index (κ3) is 3.64. The minimum Gasteiger partial charge on any atom is -0.463 e. The fraction of sp³-hybridized carbons (Fsp3) is 0.111. The van der Waals surface area contributed by atoms with E-state index in [2.05, 4.69) is 10.2 Å². The van der Waals surface area contributed by atoms with Crippen LogP contribution in [0, 0.1) is 0 Å². The molecule has 1 heterocycles. The maximum atomic E-state index is 10.4. The first kappa shape index (κ1) is 15.0. The minimum absolute atomic E-state index is 0.212. The number of amidine groups is 1. The SMILES string of the molecule is N/C(CC(O)c1cccc2ccccc12)=N\N=C\c1ccco1. The fourth-order valence-electron chi connectivity index (χ4n) is 2.41. The molecule has 3 N–H and O–H groups in total. The number of aliphatic hydroxyl groups is 1. The average molecular weight is 307 g/mol. The molecule has 1 aromatic heterocycles. The van der Waals surface area contributed by atoms with E-state index in [4.69, 9.17) is 10.2 Å². The first-order chi connectivity index (χ1) is 11.2. The lowest BCUT2D eigenvalue weighted by molar-refractivity contribution is 0.187. The smallest absolute Gasteiger partial charge is 0.146 e. The summed E-state index contributed by atoms with van der Waals surface area (Å²) in [6.07, 6.45) is 2.50. The van der Waals surface area contributed by atoms with E-state index < -0.39 is 6.10 Å². The molecule has 5 nitrogen and oxygen atoms in total. The summed E-state index contributed by atoms with van der Waals surface area (Å²) in [5.74, 6) is 0.851. The number of nitrogens with zero attached hydrogens (tertiary/aromatic N) is 2. The molecule has 23 heavy (non-hydrogen) atoms. The number of nitrogens with two attached hydrogens (primary N) is 1. The summed E-state index contributed by atoms with van der Waals surface area (Å²) in [5, 5.41) is 20.3. The van der Waals surface area contributed by atoms with E-state index in [1.54, 1.807) is 18.4 Å². The van der Waals surface area contributed by atoms with Gasteiger partial charge in [-0.3, -0.25) is 0 Å². The Kier molecular flexibility index (Phi) is 4.49. The Morgan fingerprint density at radius 1 is 1.13 bits per heavy atom. The Hall–Kier alpha value is -2.92. The van der Waals surface area contributed by atoms with Crippen LogP contribution in [0.4, 0.5) is 0 Å². The van der Waals surface area contributed by atoms with E-state index in [1.807, 2.05) is 42.5 Å². The molecule has 0 spiro atoms. The molecular weight excluding hydrogens is 290 g/mol. The van der Waals surface area contributed by atoms with E-state index in [1.165, 1.54) is 6.21 Å². The van der Waals surface area contributed by atoms with Gasteiger partial charge in [-0.25, -0.2) is 0 Å². The van der Waals surface area contributed by atoms with Gasteiger partial charge in [-0.2, -0.15) is 5.10 Å². The quantitative estimate of drug-likeness (QED) is 0.431. The van der Waals surface area contributed by atoms with Gasteiger partial charge in [0.25, 0.3) is 0 Å². The lowest BCUT2D eigenvalue weighted by Crippen LogP contribution is -2.15. The van der Waals surface area contributed by atoms with Crippen molar-refractivity contribution < 1.29 is 9.52 Å². The van der Waals surface area contributed by atoms with Crippen LogP contribution in [0.2, 0.25) is 0 Å². The van der Waals surface area contributed by atoms with Gasteiger partial charge >= 0.3 is 0 Å². The van der Waals surface area contributed by atoms with E-state index in [0.717, 1.165) is 16.3 Å². The van der Waals surface area contributed by atoms with E-state index >= 15 is 0 Å². The second kappa shape index (κ2) is 6.89. The molecule has 3 rings (SSSR count). The molecule has 0 radical (unpaired) electrons. The summed E-state index contributed by atoms with van der Waals surface area (Å²) in [4.78, 5) is 0. The number of fused-ring (bicyclic) bond motifs is 1. The summed E-state index contributed by atoms with van der Waals surface area (Å²) in [6, 6.07) is 17.3. The number of hydrogen-bond acceptors (Lipinski definition) is 4. The largest absolute Gasteiger partial charge is 0.463 e. The van der Waals surface area contributed by atoms with Crippen LogP contribution in [-0.4, -0.2) is 17.2 Å². The van der Waals surface area contributed by atoms with Crippen LogP contribution >= 0.6 is 0 Å². The highest BCUT2D eigenvalue weighted by Crippen LogP contribution is 2.26. The predicted octanol–water partition coefficient (Wildman–Crippen LogP) is 3.25. The molecular formula is C18H17N3O2. The zero-order valence-electron chi connectivity index (χ0n) is 12.5. The number of rotatable bonds is 5. The number of furan rings is 1. The maximum absolute atomic E-state index is 10.4. The Morgan fingerprint density at radius 3 is 2.78 bits per heavy atom. The molecule has 0 saturated carbocycles. The van der Waals surface area contributed by atoms with Gasteiger partial charge in [0.2, 0.25) is 0 Å². The van der Waals surface area contributed by atoms with Crippen molar-refractivity contribution in [2.24, 2.45) is 15.9 Å². The highest BCUT2D eigenvalue weighted by atomic mass is 16.3. The van der Waals surface area contributed by atoms with Gasteiger partial charge < -0.3 is 15.3 Å². The van der Waals surface area contributed by atoms with E-state index in [0.29, 0.717) is 5.76 Å². The maximum Gasteiger partial charge on any atom is 0.146 e. The van der Waals surface area contributed by atoms with Crippen LogP contribution in [0.3, 0.4) is 0 Å². The Morgan fingerprint density at radius 2 is 1.96 bits per heavy atom. The van der Waals surface area contributed by atoms with Crippen LogP contribution in [0.25, 0.3) is 10.8 Å². The van der Waals surface area contributed by atoms with Crippen LogP contribution in [0.15, 0.2) is 75.5 Å². The standard InChI is InChI=1S/C18H17N3O2/c19-18(21-20-12-14-7-4-10-23-14)11-17(22)16-9-3-6-13-5-1-2-8-15(13)16/h1-10,12,17,22H,11H2,(H2,19,21)/b20-12+. The highest BCUT2D eigenvalue weighted by molar-refractivity contribution is 5.87. The number of hydrogen-bond donors (Lipinski definition) is 2. The monoisotopic (exact) mass is 307 g/mol. The summed E-state index contributed by atoms with van der Waals surface area (Å²) >= 11 is 0. The average Bonchev–Trinajstić information content (AvgIpc) is 3.07. The zero-order valence-corrected chi connectivity index (χ0v) is 12.5. The lowest BCUT2D eigenvalue weighted by atomic mass is 9.98. The number of benzene rings is 2. The molecule has 0 amide bonds. The van der Waals surface area contributed by atoms with Crippen molar-refractivity contribution in [3.05, 3.63) is 72.2 Å². The van der Waals surface area contributed by atoms with Crippen LogP contribution in [0.5, 0.6) is 0 Å². The molecule has 5 heteroatoms. The molecule has 0 aliphatic rings. The van der Waals surface area contributed by atoms with Gasteiger partial charge in [-0.05, 0) is 28.5 Å². The summed E-state index contributed by atoms with van der Waals surface area (Å²) in [7, 11) is 0. The molecule has 0 aliphatic carbocycles. The van der Waals surface area contributed by atoms with Crippen molar-refractivity contribution in [3.8, 4) is 0 Å². The lowest BCUT2D eigenvalue weighted by Gasteiger charge is -2.13. The third-order valence-electron chi connectivity index (χ3n) is 3.50. The third-order valence-corrected chi connectivity index (χ3v) is 3.50. The predicted molar refractivity (Wildman–Crippen MR) is 91.4 cm³/mol. The normalized spacial score (nSPS) is 13.7. The van der Waals surface area contributed by atoms with E-state index in [9.17, 15) is 5.11 Å². The van der Waals surface area contributed by atoms with E-state index in [-0.39, 0.29) is 12.3 Å². The molecule has 0 saturated heterocycles. The van der Waals surface area contributed by atoms with Crippen molar-refractivity contribution in [2.45, 2.75) is 12.5 Å². The Balaban J connectivity index is 1.74. The molecule has 0 bridgehead atoms. The topological polar surface area (TPSA) is 84.1 Å². The van der Waals surface area contributed by atoms with Gasteiger partial charge in [-0.1, -0.05) is 42.5 Å². The summed E-state index contributed by atoms with van der Waals surface area (Å²) in [6.45, 7) is 0. The summed E-state index contributed by atoms with van der Waals surface area (Å²) < 4.78 is 5.11. The summed E-state index contributed by atoms with van der Waals surface area (Å²) in [5.41, 5.74) is 6.67. The van der Waals surface area contributed by atoms with Crippen LogP contribution < -0.4 is 5.73 Å². The Bertz CT molecular complexity index is 833. The van der Waals surface area contributed by atoms with Crippen molar-refractivity contribution in [2.75, 3.05) is 0 Å². The number of aliphatic hydroxyl groups excluding tert-OH is 1. The highest BCUT2D eigenvalue weighted by Gasteiger charge is 2.12. The Labute approximate surface area is 133 Å². The molecule has 3 aromatic rings. The van der Waals surface area contributed by atoms with Crippen molar-refractivity contribution in [3.63, 3.8) is 0 Å². The van der Waals surface area contributed by atoms with Gasteiger partial charge in [0.15, 0.2) is 0 Å². The van der Waals surface area contributed by atoms with Crippen molar-refractivity contribution in [1.29, 1.82) is 0 Å². The van der Waals surface area contributed by atoms with Gasteiger partial charge in [0.05, 0.1) is 18.6 Å². The molecule has 2 aromatic carbocycles. The first-order valence-corrected chi connectivity index (χ1v) is 7.28. The zero-order chi connectivity index (χ0) is 16.1. The molecule has 1 unspecified atom stereocenters. The van der Waals surface area contributed by atoms with Crippen LogP contribution in [0.1, 0.15) is 23.8 Å². The van der Waals surface area contributed by atoms with Crippen molar-refractivity contribution >= 4 is 22.8 Å². The molecule has 0 fully saturated rings. The second-order valence-corrected chi connectivity index (χ2v) is 5.14. The fourth-order valence-corrected chi connectivity index (χ4v) is 2.41. The molecule has 116 valence electrons. The van der Waals surface area contributed by atoms with Gasteiger partial charge in [0.1, 0.15) is 11.6 Å². The van der Waals surface area contributed by atoms with Crippen molar-refractivity contribution in [1.82, 2.24) is 0 Å².